The Morgan fingerprint density at radius 3 is 2.72 bits per heavy atom. The van der Waals surface area contributed by atoms with Gasteiger partial charge in [0.05, 0.1) is 51.1 Å². The SMILES string of the molecule is CCCS(=O)(=O)Nc1ccc(Cl)c(C(=O)c2ccc3ncc(-c4cn[nH]c4)nc3c2)c1F. The zero-order chi connectivity index (χ0) is 22.9. The van der Waals surface area contributed by atoms with Crippen molar-refractivity contribution in [1.29, 1.82) is 0 Å². The summed E-state index contributed by atoms with van der Waals surface area (Å²) in [7, 11) is -3.75. The number of hydrogen-bond donors (Lipinski definition) is 2. The quantitative estimate of drug-likeness (QED) is 0.388. The van der Waals surface area contributed by atoms with Gasteiger partial charge in [0.1, 0.15) is 0 Å². The summed E-state index contributed by atoms with van der Waals surface area (Å²) in [5, 5.41) is 6.43. The lowest BCUT2D eigenvalue weighted by Gasteiger charge is -2.12. The van der Waals surface area contributed by atoms with Crippen LogP contribution in [0.3, 0.4) is 0 Å². The van der Waals surface area contributed by atoms with E-state index in [2.05, 4.69) is 24.9 Å². The van der Waals surface area contributed by atoms with Crippen molar-refractivity contribution in [2.24, 2.45) is 0 Å². The van der Waals surface area contributed by atoms with Crippen LogP contribution in [0.15, 0.2) is 48.9 Å². The third kappa shape index (κ3) is 4.32. The topological polar surface area (TPSA) is 118 Å². The fraction of sp³-hybridized carbons (Fsp3) is 0.143. The number of ketones is 1. The van der Waals surface area contributed by atoms with Gasteiger partial charge in [0, 0.05) is 17.3 Å². The molecule has 4 rings (SSSR count). The maximum atomic E-state index is 15.1. The Morgan fingerprint density at radius 1 is 1.19 bits per heavy atom. The maximum absolute atomic E-state index is 15.1. The number of nitrogens with one attached hydrogen (secondary N) is 2. The average molecular weight is 474 g/mol. The van der Waals surface area contributed by atoms with Crippen molar-refractivity contribution in [2.45, 2.75) is 13.3 Å². The molecular weight excluding hydrogens is 457 g/mol. The van der Waals surface area contributed by atoms with Crippen molar-refractivity contribution in [2.75, 3.05) is 10.5 Å². The standard InChI is InChI=1S/C21H17ClFN5O3S/c1-2-7-32(30,31)28-16-6-4-14(22)19(20(16)23)21(29)12-3-5-15-17(8-12)27-18(11-24-15)13-9-25-26-10-13/h3-6,8-11,28H,2,7H2,1H3,(H,25,26). The van der Waals surface area contributed by atoms with Gasteiger partial charge < -0.3 is 0 Å². The Bertz CT molecular complexity index is 1430. The molecule has 8 nitrogen and oxygen atoms in total. The first-order valence-corrected chi connectivity index (χ1v) is 11.6. The lowest BCUT2D eigenvalue weighted by molar-refractivity contribution is 0.103. The molecule has 0 bridgehead atoms. The number of benzene rings is 2. The van der Waals surface area contributed by atoms with Crippen molar-refractivity contribution in [1.82, 2.24) is 20.2 Å². The third-order valence-corrected chi connectivity index (χ3v) is 6.45. The van der Waals surface area contributed by atoms with Gasteiger partial charge in [-0.25, -0.2) is 17.8 Å². The van der Waals surface area contributed by atoms with E-state index >= 15 is 4.39 Å². The van der Waals surface area contributed by atoms with Gasteiger partial charge in [-0.05, 0) is 36.8 Å². The first-order valence-electron chi connectivity index (χ1n) is 9.58. The summed E-state index contributed by atoms with van der Waals surface area (Å²) >= 11 is 6.11. The molecule has 0 spiro atoms. The molecule has 32 heavy (non-hydrogen) atoms. The van der Waals surface area contributed by atoms with E-state index in [4.69, 9.17) is 11.6 Å². The summed E-state index contributed by atoms with van der Waals surface area (Å²) < 4.78 is 41.4. The molecule has 0 saturated heterocycles. The molecule has 0 aliphatic rings. The molecule has 2 heterocycles. The Hall–Kier alpha value is -3.37. The molecule has 2 aromatic heterocycles. The number of carbonyl (C=O) groups excluding carboxylic acids is 1. The second-order valence-corrected chi connectivity index (χ2v) is 9.23. The second-order valence-electron chi connectivity index (χ2n) is 6.98. The molecule has 0 radical (unpaired) electrons. The molecule has 2 N–H and O–H groups in total. The maximum Gasteiger partial charge on any atom is 0.232 e. The minimum atomic E-state index is -3.75. The molecule has 11 heteroatoms. The van der Waals surface area contributed by atoms with Crippen LogP contribution in [0.25, 0.3) is 22.3 Å². The van der Waals surface area contributed by atoms with Gasteiger partial charge in [0.2, 0.25) is 10.0 Å². The van der Waals surface area contributed by atoms with Crippen LogP contribution >= 0.6 is 11.6 Å². The van der Waals surface area contributed by atoms with Gasteiger partial charge >= 0.3 is 0 Å². The van der Waals surface area contributed by atoms with Gasteiger partial charge in [0.15, 0.2) is 11.6 Å². The Morgan fingerprint density at radius 2 is 2.00 bits per heavy atom. The molecule has 0 aliphatic heterocycles. The summed E-state index contributed by atoms with van der Waals surface area (Å²) in [6.07, 6.45) is 5.18. The summed E-state index contributed by atoms with van der Waals surface area (Å²) in [4.78, 5) is 21.9. The number of rotatable bonds is 7. The highest BCUT2D eigenvalue weighted by Gasteiger charge is 2.23. The number of aromatic nitrogens is 4. The van der Waals surface area contributed by atoms with E-state index in [9.17, 15) is 13.2 Å². The number of hydrogen-bond acceptors (Lipinski definition) is 6. The molecule has 0 saturated carbocycles. The molecule has 0 atom stereocenters. The van der Waals surface area contributed by atoms with Crippen molar-refractivity contribution in [3.8, 4) is 11.3 Å². The molecular formula is C21H17ClFN5O3S. The fourth-order valence-electron chi connectivity index (χ4n) is 3.15. The van der Waals surface area contributed by atoms with Gasteiger partial charge in [-0.2, -0.15) is 5.10 Å². The predicted molar refractivity (Wildman–Crippen MR) is 120 cm³/mol. The van der Waals surface area contributed by atoms with E-state index in [0.717, 1.165) is 5.56 Å². The largest absolute Gasteiger partial charge is 0.288 e. The number of anilines is 1. The van der Waals surface area contributed by atoms with Crippen LogP contribution in [0.2, 0.25) is 5.02 Å². The molecule has 164 valence electrons. The molecule has 0 aliphatic carbocycles. The number of aromatic amines is 1. The molecule has 4 aromatic rings. The zero-order valence-corrected chi connectivity index (χ0v) is 18.3. The second kappa shape index (κ2) is 8.64. The molecule has 0 unspecified atom stereocenters. The number of fused-ring (bicyclic) bond motifs is 1. The first kappa shape index (κ1) is 21.8. The van der Waals surface area contributed by atoms with Crippen LogP contribution in [0.5, 0.6) is 0 Å². The normalized spacial score (nSPS) is 11.6. The van der Waals surface area contributed by atoms with Crippen molar-refractivity contribution in [3.63, 3.8) is 0 Å². The number of H-pyrrole nitrogens is 1. The first-order chi connectivity index (χ1) is 15.3. The van der Waals surface area contributed by atoms with Gasteiger partial charge in [-0.3, -0.25) is 19.6 Å². The molecule has 0 amide bonds. The lowest BCUT2D eigenvalue weighted by atomic mass is 10.0. The van der Waals surface area contributed by atoms with Crippen LogP contribution in [0.4, 0.5) is 10.1 Å². The third-order valence-electron chi connectivity index (χ3n) is 4.65. The summed E-state index contributed by atoms with van der Waals surface area (Å²) in [5.41, 5.74) is 1.60. The Balaban J connectivity index is 1.74. The highest BCUT2D eigenvalue weighted by atomic mass is 35.5. The summed E-state index contributed by atoms with van der Waals surface area (Å²) in [5.74, 6) is -1.93. The van der Waals surface area contributed by atoms with Gasteiger partial charge in [-0.1, -0.05) is 18.5 Å². The zero-order valence-electron chi connectivity index (χ0n) is 16.8. The summed E-state index contributed by atoms with van der Waals surface area (Å²) in [6, 6.07) is 7.02. The highest BCUT2D eigenvalue weighted by molar-refractivity contribution is 7.92. The van der Waals surface area contributed by atoms with E-state index in [0.29, 0.717) is 23.1 Å². The van der Waals surface area contributed by atoms with Crippen molar-refractivity contribution >= 4 is 44.1 Å². The van der Waals surface area contributed by atoms with E-state index in [1.807, 2.05) is 0 Å². The van der Waals surface area contributed by atoms with Crippen LogP contribution in [0.1, 0.15) is 29.3 Å². The number of sulfonamides is 1. The van der Waals surface area contributed by atoms with Crippen LogP contribution in [0, 0.1) is 5.82 Å². The van der Waals surface area contributed by atoms with Crippen molar-refractivity contribution in [3.05, 3.63) is 70.9 Å². The smallest absolute Gasteiger partial charge is 0.232 e. The number of carbonyl (C=O) groups is 1. The van der Waals surface area contributed by atoms with Crippen molar-refractivity contribution < 1.29 is 17.6 Å². The average Bonchev–Trinajstić information content (AvgIpc) is 3.30. The van der Waals surface area contributed by atoms with Gasteiger partial charge in [0.25, 0.3) is 0 Å². The fourth-order valence-corrected chi connectivity index (χ4v) is 4.52. The summed E-state index contributed by atoms with van der Waals surface area (Å²) in [6.45, 7) is 1.69. The molecule has 0 fully saturated rings. The number of nitrogens with zero attached hydrogens (tertiary/aromatic N) is 3. The number of halogens is 2. The minimum absolute atomic E-state index is 0.130. The molecule has 2 aromatic carbocycles. The van der Waals surface area contributed by atoms with Gasteiger partial charge in [-0.15, -0.1) is 0 Å². The Kier molecular flexibility index (Phi) is 5.90. The van der Waals surface area contributed by atoms with Crippen LogP contribution in [-0.2, 0) is 10.0 Å². The van der Waals surface area contributed by atoms with E-state index in [1.54, 1.807) is 31.6 Å². The van der Waals surface area contributed by atoms with Crippen LogP contribution in [-0.4, -0.2) is 40.1 Å². The highest BCUT2D eigenvalue weighted by Crippen LogP contribution is 2.29. The Labute approximate surface area is 187 Å². The minimum Gasteiger partial charge on any atom is -0.288 e. The van der Waals surface area contributed by atoms with Crippen LogP contribution < -0.4 is 4.72 Å². The monoisotopic (exact) mass is 473 g/mol. The van der Waals surface area contributed by atoms with E-state index < -0.39 is 27.2 Å². The predicted octanol–water partition coefficient (Wildman–Crippen LogP) is 4.20. The van der Waals surface area contributed by atoms with E-state index in [-0.39, 0.29) is 22.0 Å². The van der Waals surface area contributed by atoms with E-state index in [1.165, 1.54) is 24.3 Å². The lowest BCUT2D eigenvalue weighted by Crippen LogP contribution is -2.18.